The highest BCUT2D eigenvalue weighted by molar-refractivity contribution is 7.09. The molecular weight excluding hydrogens is 352 g/mol. The average molecular weight is 372 g/mol. The molecule has 0 amide bonds. The number of nitrogens with zero attached hydrogens (tertiary/aromatic N) is 1. The third-order valence-corrected chi connectivity index (χ3v) is 4.83. The Morgan fingerprint density at radius 2 is 1.54 bits per heavy atom. The van der Waals surface area contributed by atoms with Crippen molar-refractivity contribution in [3.8, 4) is 44.7 Å². The van der Waals surface area contributed by atoms with Crippen LogP contribution in [0.1, 0.15) is 0 Å². The smallest absolute Gasteiger partial charge is 0.203 e. The lowest BCUT2D eigenvalue weighted by atomic mass is 10.1. The van der Waals surface area contributed by atoms with Gasteiger partial charge in [0.1, 0.15) is 5.75 Å². The van der Waals surface area contributed by atoms with Gasteiger partial charge in [-0.05, 0) is 41.9 Å². The molecule has 0 fully saturated rings. The topological polar surface area (TPSA) is 75.8 Å². The van der Waals surface area contributed by atoms with E-state index in [4.69, 9.17) is 24.7 Å². The monoisotopic (exact) mass is 372 g/mol. The van der Waals surface area contributed by atoms with Gasteiger partial charge in [-0.1, -0.05) is 0 Å². The van der Waals surface area contributed by atoms with Crippen LogP contribution in [0.15, 0.2) is 36.4 Å². The highest BCUT2D eigenvalue weighted by Crippen LogP contribution is 2.43. The molecule has 2 N–H and O–H groups in total. The van der Waals surface area contributed by atoms with E-state index in [1.807, 2.05) is 30.3 Å². The van der Waals surface area contributed by atoms with E-state index in [-0.39, 0.29) is 0 Å². The molecule has 26 heavy (non-hydrogen) atoms. The summed E-state index contributed by atoms with van der Waals surface area (Å²) in [5.41, 5.74) is 9.34. The van der Waals surface area contributed by atoms with Crippen LogP contribution in [-0.4, -0.2) is 32.8 Å². The van der Waals surface area contributed by atoms with E-state index in [1.54, 1.807) is 34.5 Å². The molecule has 0 spiro atoms. The predicted molar refractivity (Wildman–Crippen MR) is 104 cm³/mol. The molecule has 6 nitrogen and oxygen atoms in total. The Labute approximate surface area is 156 Å². The van der Waals surface area contributed by atoms with Crippen LogP contribution in [0.2, 0.25) is 0 Å². The first-order valence-electron chi connectivity index (χ1n) is 7.82. The molecule has 0 radical (unpaired) electrons. The average Bonchev–Trinajstić information content (AvgIpc) is 3.16. The normalized spacial score (nSPS) is 10.5. The minimum atomic E-state index is 0.558. The quantitative estimate of drug-likeness (QED) is 0.657. The van der Waals surface area contributed by atoms with Crippen LogP contribution >= 0.6 is 11.5 Å². The van der Waals surface area contributed by atoms with Crippen molar-refractivity contribution in [3.05, 3.63) is 36.4 Å². The van der Waals surface area contributed by atoms with Crippen molar-refractivity contribution < 1.29 is 18.9 Å². The third-order valence-electron chi connectivity index (χ3n) is 3.99. The molecule has 0 saturated heterocycles. The minimum absolute atomic E-state index is 0.558. The Morgan fingerprint density at radius 1 is 0.846 bits per heavy atom. The molecular formula is C19H20N2O4S. The summed E-state index contributed by atoms with van der Waals surface area (Å²) >= 11 is 1.38. The SMILES string of the molecule is COc1ccc(-c2cc(-c3cc(OC)c(OC)c(OC)c3)sn2)c(N)c1. The van der Waals surface area contributed by atoms with Gasteiger partial charge in [0, 0.05) is 22.9 Å². The Hall–Kier alpha value is -2.93. The summed E-state index contributed by atoms with van der Waals surface area (Å²) in [4.78, 5) is 0.967. The van der Waals surface area contributed by atoms with Crippen LogP contribution < -0.4 is 24.7 Å². The van der Waals surface area contributed by atoms with Crippen LogP contribution in [0.4, 0.5) is 5.69 Å². The summed E-state index contributed by atoms with van der Waals surface area (Å²) < 4.78 is 26.0. The summed E-state index contributed by atoms with van der Waals surface area (Å²) in [7, 11) is 6.38. The zero-order valence-corrected chi connectivity index (χ0v) is 15.8. The minimum Gasteiger partial charge on any atom is -0.497 e. The maximum Gasteiger partial charge on any atom is 0.203 e. The standard InChI is InChI=1S/C19H20N2O4S/c1-22-12-5-6-13(14(20)9-12)15-10-18(26-21-15)11-7-16(23-2)19(25-4)17(8-11)24-3/h5-10H,20H2,1-4H3. The van der Waals surface area contributed by atoms with Crippen molar-refractivity contribution >= 4 is 17.2 Å². The van der Waals surface area contributed by atoms with Gasteiger partial charge in [-0.2, -0.15) is 4.37 Å². The fourth-order valence-corrected chi connectivity index (χ4v) is 3.40. The number of hydrogen-bond donors (Lipinski definition) is 1. The number of hydrogen-bond acceptors (Lipinski definition) is 7. The molecule has 0 bridgehead atoms. The first-order valence-corrected chi connectivity index (χ1v) is 8.59. The fourth-order valence-electron chi connectivity index (χ4n) is 2.66. The van der Waals surface area contributed by atoms with Gasteiger partial charge in [0.2, 0.25) is 5.75 Å². The lowest BCUT2D eigenvalue weighted by Gasteiger charge is -2.13. The molecule has 3 rings (SSSR count). The molecule has 7 heteroatoms. The Morgan fingerprint density at radius 3 is 2.08 bits per heavy atom. The van der Waals surface area contributed by atoms with Gasteiger partial charge < -0.3 is 24.7 Å². The summed E-state index contributed by atoms with van der Waals surface area (Å²) in [5, 5.41) is 0. The van der Waals surface area contributed by atoms with Crippen molar-refractivity contribution in [2.24, 2.45) is 0 Å². The highest BCUT2D eigenvalue weighted by Gasteiger charge is 2.16. The Balaban J connectivity index is 2.02. The third kappa shape index (κ3) is 3.25. The summed E-state index contributed by atoms with van der Waals surface area (Å²) in [6.45, 7) is 0. The van der Waals surface area contributed by atoms with Crippen LogP contribution in [0.5, 0.6) is 23.0 Å². The number of ether oxygens (including phenoxy) is 4. The van der Waals surface area contributed by atoms with Gasteiger partial charge in [-0.25, -0.2) is 0 Å². The molecule has 0 aliphatic rings. The van der Waals surface area contributed by atoms with E-state index >= 15 is 0 Å². The summed E-state index contributed by atoms with van der Waals surface area (Å²) in [5.74, 6) is 2.47. The van der Waals surface area contributed by atoms with Gasteiger partial charge in [-0.15, -0.1) is 0 Å². The molecule has 0 aliphatic carbocycles. The van der Waals surface area contributed by atoms with Crippen molar-refractivity contribution in [2.45, 2.75) is 0 Å². The van der Waals surface area contributed by atoms with E-state index in [1.165, 1.54) is 11.5 Å². The molecule has 1 heterocycles. The number of methoxy groups -OCH3 is 4. The number of aromatic nitrogens is 1. The van der Waals surface area contributed by atoms with E-state index in [0.717, 1.165) is 21.7 Å². The first kappa shape index (κ1) is 17.9. The van der Waals surface area contributed by atoms with E-state index in [2.05, 4.69) is 4.37 Å². The number of nitrogen functional groups attached to an aromatic ring is 1. The maximum atomic E-state index is 6.13. The molecule has 2 aromatic carbocycles. The van der Waals surface area contributed by atoms with Crippen LogP contribution in [0, 0.1) is 0 Å². The Bertz CT molecular complexity index is 899. The predicted octanol–water partition coefficient (Wildman–Crippen LogP) is 4.09. The second-order valence-corrected chi connectivity index (χ2v) is 6.25. The van der Waals surface area contributed by atoms with Crippen LogP contribution in [0.25, 0.3) is 21.7 Å². The van der Waals surface area contributed by atoms with E-state index < -0.39 is 0 Å². The van der Waals surface area contributed by atoms with Crippen molar-refractivity contribution in [3.63, 3.8) is 0 Å². The lowest BCUT2D eigenvalue weighted by molar-refractivity contribution is 0.324. The zero-order valence-electron chi connectivity index (χ0n) is 15.0. The van der Waals surface area contributed by atoms with Crippen molar-refractivity contribution in [1.82, 2.24) is 4.37 Å². The second-order valence-electron chi connectivity index (χ2n) is 5.44. The van der Waals surface area contributed by atoms with E-state index in [0.29, 0.717) is 28.7 Å². The van der Waals surface area contributed by atoms with Crippen LogP contribution in [0.3, 0.4) is 0 Å². The first-order chi connectivity index (χ1) is 12.6. The van der Waals surface area contributed by atoms with Crippen molar-refractivity contribution in [1.29, 1.82) is 0 Å². The molecule has 3 aromatic rings. The number of rotatable bonds is 6. The molecule has 0 saturated carbocycles. The van der Waals surface area contributed by atoms with Gasteiger partial charge in [-0.3, -0.25) is 0 Å². The number of benzene rings is 2. The van der Waals surface area contributed by atoms with Crippen LogP contribution in [-0.2, 0) is 0 Å². The zero-order chi connectivity index (χ0) is 18.7. The van der Waals surface area contributed by atoms with Gasteiger partial charge in [0.15, 0.2) is 11.5 Å². The van der Waals surface area contributed by atoms with Gasteiger partial charge >= 0.3 is 0 Å². The Kier molecular flexibility index (Phi) is 5.18. The second kappa shape index (κ2) is 7.53. The van der Waals surface area contributed by atoms with Gasteiger partial charge in [0.25, 0.3) is 0 Å². The lowest BCUT2D eigenvalue weighted by Crippen LogP contribution is -1.95. The molecule has 0 unspecified atom stereocenters. The molecule has 0 atom stereocenters. The van der Waals surface area contributed by atoms with E-state index in [9.17, 15) is 0 Å². The molecule has 0 aliphatic heterocycles. The summed E-state index contributed by atoms with van der Waals surface area (Å²) in [6.07, 6.45) is 0. The fraction of sp³-hybridized carbons (Fsp3) is 0.211. The number of nitrogens with two attached hydrogens (primary N) is 1. The molecule has 136 valence electrons. The summed E-state index contributed by atoms with van der Waals surface area (Å²) in [6, 6.07) is 11.3. The molecule has 1 aromatic heterocycles. The number of anilines is 1. The maximum absolute atomic E-state index is 6.13. The highest BCUT2D eigenvalue weighted by atomic mass is 32.1. The van der Waals surface area contributed by atoms with Gasteiger partial charge in [0.05, 0.1) is 39.0 Å². The largest absolute Gasteiger partial charge is 0.497 e. The van der Waals surface area contributed by atoms with Crippen molar-refractivity contribution in [2.75, 3.05) is 34.2 Å².